The Hall–Kier alpha value is -2.78. The SMILES string of the molecule is CNC(=O)[C@@H]1CCN(C2CCN(C(=O)c3ncnc(NCc4ccc(Cl)c(F)c4)c3C)CC2)C1. The van der Waals surface area contributed by atoms with Crippen molar-refractivity contribution in [3.63, 3.8) is 0 Å². The molecule has 1 aromatic heterocycles. The lowest BCUT2D eigenvalue weighted by atomic mass is 10.0. The zero-order valence-corrected chi connectivity index (χ0v) is 20.2. The van der Waals surface area contributed by atoms with Crippen molar-refractivity contribution in [3.05, 3.63) is 52.2 Å². The predicted molar refractivity (Wildman–Crippen MR) is 128 cm³/mol. The Morgan fingerprint density at radius 2 is 1.94 bits per heavy atom. The van der Waals surface area contributed by atoms with Gasteiger partial charge in [-0.2, -0.15) is 0 Å². The average molecular weight is 489 g/mol. The monoisotopic (exact) mass is 488 g/mol. The highest BCUT2D eigenvalue weighted by Gasteiger charge is 2.34. The van der Waals surface area contributed by atoms with Gasteiger partial charge in [-0.15, -0.1) is 0 Å². The molecule has 0 spiro atoms. The fourth-order valence-corrected chi connectivity index (χ4v) is 4.92. The molecule has 2 aromatic rings. The van der Waals surface area contributed by atoms with Gasteiger partial charge in [0.2, 0.25) is 5.91 Å². The molecule has 2 N–H and O–H groups in total. The van der Waals surface area contributed by atoms with E-state index < -0.39 is 5.82 Å². The zero-order valence-electron chi connectivity index (χ0n) is 19.5. The highest BCUT2D eigenvalue weighted by atomic mass is 35.5. The van der Waals surface area contributed by atoms with Gasteiger partial charge in [-0.05, 0) is 50.4 Å². The smallest absolute Gasteiger partial charge is 0.272 e. The summed E-state index contributed by atoms with van der Waals surface area (Å²) in [5.41, 5.74) is 1.76. The second kappa shape index (κ2) is 10.7. The van der Waals surface area contributed by atoms with Gasteiger partial charge in [0, 0.05) is 44.8 Å². The molecule has 10 heteroatoms. The van der Waals surface area contributed by atoms with Gasteiger partial charge in [0.05, 0.1) is 10.9 Å². The molecule has 2 fully saturated rings. The van der Waals surface area contributed by atoms with Gasteiger partial charge in [-0.3, -0.25) is 14.5 Å². The van der Waals surface area contributed by atoms with E-state index in [-0.39, 0.29) is 22.8 Å². The molecule has 4 rings (SSSR count). The summed E-state index contributed by atoms with van der Waals surface area (Å²) in [4.78, 5) is 37.9. The van der Waals surface area contributed by atoms with Crippen molar-refractivity contribution in [2.45, 2.75) is 38.8 Å². The average Bonchev–Trinajstić information content (AvgIpc) is 3.35. The summed E-state index contributed by atoms with van der Waals surface area (Å²) in [5, 5.41) is 5.99. The van der Waals surface area contributed by atoms with Crippen LogP contribution < -0.4 is 10.6 Å². The fraction of sp³-hybridized carbons (Fsp3) is 0.500. The number of hydrogen-bond donors (Lipinski definition) is 2. The van der Waals surface area contributed by atoms with Crippen LogP contribution in [-0.2, 0) is 11.3 Å². The van der Waals surface area contributed by atoms with Gasteiger partial charge in [0.1, 0.15) is 23.7 Å². The van der Waals surface area contributed by atoms with E-state index >= 15 is 0 Å². The highest BCUT2D eigenvalue weighted by molar-refractivity contribution is 6.30. The van der Waals surface area contributed by atoms with Crippen molar-refractivity contribution in [1.29, 1.82) is 0 Å². The minimum Gasteiger partial charge on any atom is -0.366 e. The maximum atomic E-state index is 13.7. The van der Waals surface area contributed by atoms with E-state index in [2.05, 4.69) is 25.5 Å². The number of benzene rings is 1. The number of carbonyl (C=O) groups is 2. The second-order valence-corrected chi connectivity index (χ2v) is 9.32. The molecule has 1 atom stereocenters. The van der Waals surface area contributed by atoms with Crippen LogP contribution in [0.4, 0.5) is 10.2 Å². The number of aromatic nitrogens is 2. The van der Waals surface area contributed by atoms with Gasteiger partial charge in [-0.1, -0.05) is 17.7 Å². The standard InChI is InChI=1S/C24H30ClFN6O2/c1-15-21(29-14-30-22(15)28-12-16-3-4-19(25)20(26)11-16)24(34)31-9-6-18(7-10-31)32-8-5-17(13-32)23(33)27-2/h3-4,11,14,17-18H,5-10,12-13H2,1-2H3,(H,27,33)(H,28,29,30)/t17-/m1/s1. The molecule has 0 aliphatic carbocycles. The molecule has 3 heterocycles. The van der Waals surface area contributed by atoms with E-state index in [0.29, 0.717) is 42.8 Å². The first-order chi connectivity index (χ1) is 16.4. The Morgan fingerprint density at radius 3 is 2.65 bits per heavy atom. The molecule has 8 nitrogen and oxygen atoms in total. The number of piperidine rings is 1. The van der Waals surface area contributed by atoms with Gasteiger partial charge >= 0.3 is 0 Å². The summed E-state index contributed by atoms with van der Waals surface area (Å²) in [6.45, 7) is 5.18. The third kappa shape index (κ3) is 5.31. The lowest BCUT2D eigenvalue weighted by Crippen LogP contribution is -2.46. The number of hydrogen-bond acceptors (Lipinski definition) is 6. The molecule has 182 valence electrons. The van der Waals surface area contributed by atoms with Crippen molar-refractivity contribution in [1.82, 2.24) is 25.1 Å². The molecular formula is C24H30ClFN6O2. The predicted octanol–water partition coefficient (Wildman–Crippen LogP) is 2.86. The molecule has 34 heavy (non-hydrogen) atoms. The topological polar surface area (TPSA) is 90.5 Å². The molecule has 2 aliphatic heterocycles. The normalized spacial score (nSPS) is 19.3. The van der Waals surface area contributed by atoms with Crippen LogP contribution in [0.5, 0.6) is 0 Å². The molecule has 2 amide bonds. The molecule has 2 saturated heterocycles. The highest BCUT2D eigenvalue weighted by Crippen LogP contribution is 2.26. The first-order valence-electron chi connectivity index (χ1n) is 11.6. The number of halogens is 2. The van der Waals surface area contributed by atoms with Crippen LogP contribution in [0.1, 0.15) is 40.9 Å². The number of carbonyl (C=O) groups excluding carboxylic acids is 2. The molecule has 0 saturated carbocycles. The van der Waals surface area contributed by atoms with Gasteiger partial charge in [0.15, 0.2) is 0 Å². The second-order valence-electron chi connectivity index (χ2n) is 8.92. The third-order valence-corrected chi connectivity index (χ3v) is 7.14. The number of anilines is 1. The molecule has 0 bridgehead atoms. The van der Waals surface area contributed by atoms with E-state index in [4.69, 9.17) is 11.6 Å². The van der Waals surface area contributed by atoms with Crippen LogP contribution in [0.2, 0.25) is 5.02 Å². The van der Waals surface area contributed by atoms with E-state index in [1.54, 1.807) is 13.1 Å². The summed E-state index contributed by atoms with van der Waals surface area (Å²) in [6, 6.07) is 5.02. The van der Waals surface area contributed by atoms with Crippen LogP contribution in [0.3, 0.4) is 0 Å². The first kappa shape index (κ1) is 24.3. The minimum absolute atomic E-state index is 0.0589. The number of amides is 2. The maximum absolute atomic E-state index is 13.7. The molecule has 2 aliphatic rings. The molecule has 0 radical (unpaired) electrons. The summed E-state index contributed by atoms with van der Waals surface area (Å²) >= 11 is 5.75. The van der Waals surface area contributed by atoms with Crippen LogP contribution >= 0.6 is 11.6 Å². The van der Waals surface area contributed by atoms with Gasteiger partial charge < -0.3 is 15.5 Å². The maximum Gasteiger partial charge on any atom is 0.272 e. The lowest BCUT2D eigenvalue weighted by molar-refractivity contribution is -0.124. The number of rotatable bonds is 6. The summed E-state index contributed by atoms with van der Waals surface area (Å²) in [6.07, 6.45) is 4.02. The Bertz CT molecular complexity index is 1060. The van der Waals surface area contributed by atoms with Crippen molar-refractivity contribution >= 4 is 29.2 Å². The van der Waals surface area contributed by atoms with Gasteiger partial charge in [0.25, 0.3) is 5.91 Å². The van der Waals surface area contributed by atoms with Crippen molar-refractivity contribution in [2.24, 2.45) is 5.92 Å². The Kier molecular flexibility index (Phi) is 7.63. The van der Waals surface area contributed by atoms with E-state index in [9.17, 15) is 14.0 Å². The third-order valence-electron chi connectivity index (χ3n) is 6.84. The molecule has 1 aromatic carbocycles. The minimum atomic E-state index is -0.474. The Balaban J connectivity index is 1.34. The largest absolute Gasteiger partial charge is 0.366 e. The lowest BCUT2D eigenvalue weighted by Gasteiger charge is -2.36. The number of nitrogens with one attached hydrogen (secondary N) is 2. The van der Waals surface area contributed by atoms with E-state index in [1.807, 2.05) is 11.8 Å². The summed E-state index contributed by atoms with van der Waals surface area (Å²) < 4.78 is 13.7. The van der Waals surface area contributed by atoms with E-state index in [0.717, 1.165) is 37.9 Å². The Labute approximate surface area is 203 Å². The zero-order chi connectivity index (χ0) is 24.2. The summed E-state index contributed by atoms with van der Waals surface area (Å²) in [7, 11) is 1.68. The molecular weight excluding hydrogens is 459 g/mol. The molecule has 0 unspecified atom stereocenters. The first-order valence-corrected chi connectivity index (χ1v) is 12.0. The van der Waals surface area contributed by atoms with Crippen LogP contribution in [0, 0.1) is 18.7 Å². The van der Waals surface area contributed by atoms with Crippen molar-refractivity contribution < 1.29 is 14.0 Å². The van der Waals surface area contributed by atoms with Crippen molar-refractivity contribution in [2.75, 3.05) is 38.5 Å². The van der Waals surface area contributed by atoms with Crippen LogP contribution in [-0.4, -0.2) is 70.9 Å². The van der Waals surface area contributed by atoms with Crippen LogP contribution in [0.25, 0.3) is 0 Å². The summed E-state index contributed by atoms with van der Waals surface area (Å²) in [5.74, 6) is 0.130. The Morgan fingerprint density at radius 1 is 1.18 bits per heavy atom. The number of nitrogens with zero attached hydrogens (tertiary/aromatic N) is 4. The van der Waals surface area contributed by atoms with E-state index in [1.165, 1.54) is 18.5 Å². The quantitative estimate of drug-likeness (QED) is 0.650. The van der Waals surface area contributed by atoms with Crippen molar-refractivity contribution in [3.8, 4) is 0 Å². The number of likely N-dealkylation sites (tertiary alicyclic amines) is 2. The fourth-order valence-electron chi connectivity index (χ4n) is 4.80. The van der Waals surface area contributed by atoms with Gasteiger partial charge in [-0.25, -0.2) is 14.4 Å². The van der Waals surface area contributed by atoms with Crippen LogP contribution in [0.15, 0.2) is 24.5 Å².